The monoisotopic (exact) mass is 327 g/mol. The minimum atomic E-state index is -0.445. The van der Waals surface area contributed by atoms with Crippen molar-refractivity contribution < 1.29 is 14.6 Å². The third kappa shape index (κ3) is 3.48. The van der Waals surface area contributed by atoms with E-state index in [0.717, 1.165) is 30.2 Å². The Bertz CT molecular complexity index is 464. The number of ether oxygens (including phenoxy) is 1. The van der Waals surface area contributed by atoms with Gasteiger partial charge in [0, 0.05) is 4.47 Å². The Labute approximate surface area is 121 Å². The van der Waals surface area contributed by atoms with Crippen LogP contribution in [0.1, 0.15) is 36.0 Å². The molecule has 2 N–H and O–H groups in total. The van der Waals surface area contributed by atoms with Crippen LogP contribution in [0.3, 0.4) is 0 Å². The predicted octanol–water partition coefficient (Wildman–Crippen LogP) is 2.49. The van der Waals surface area contributed by atoms with E-state index in [1.807, 2.05) is 0 Å². The zero-order valence-corrected chi connectivity index (χ0v) is 12.4. The summed E-state index contributed by atoms with van der Waals surface area (Å²) in [6.07, 6.45) is 3.20. The highest BCUT2D eigenvalue weighted by Gasteiger charge is 2.25. The molecule has 5 heteroatoms. The largest absolute Gasteiger partial charge is 0.496 e. The molecule has 0 unspecified atom stereocenters. The van der Waals surface area contributed by atoms with Crippen LogP contribution in [0.15, 0.2) is 22.7 Å². The lowest BCUT2D eigenvalue weighted by atomic mass is 9.92. The van der Waals surface area contributed by atoms with Crippen molar-refractivity contribution in [2.45, 2.75) is 37.8 Å². The van der Waals surface area contributed by atoms with E-state index in [-0.39, 0.29) is 11.9 Å². The average molecular weight is 328 g/mol. The number of aliphatic hydroxyl groups is 1. The number of nitrogens with one attached hydrogen (secondary N) is 1. The van der Waals surface area contributed by atoms with Crippen molar-refractivity contribution >= 4 is 21.8 Å². The van der Waals surface area contributed by atoms with Crippen LogP contribution in [-0.2, 0) is 0 Å². The summed E-state index contributed by atoms with van der Waals surface area (Å²) >= 11 is 3.34. The van der Waals surface area contributed by atoms with Gasteiger partial charge in [0.2, 0.25) is 0 Å². The number of rotatable bonds is 3. The normalized spacial score (nSPS) is 22.9. The van der Waals surface area contributed by atoms with Gasteiger partial charge >= 0.3 is 0 Å². The topological polar surface area (TPSA) is 58.6 Å². The number of hydrogen-bond acceptors (Lipinski definition) is 3. The van der Waals surface area contributed by atoms with Crippen LogP contribution in [0, 0.1) is 0 Å². The maximum Gasteiger partial charge on any atom is 0.255 e. The van der Waals surface area contributed by atoms with Crippen LogP contribution >= 0.6 is 15.9 Å². The van der Waals surface area contributed by atoms with Gasteiger partial charge in [-0.25, -0.2) is 0 Å². The van der Waals surface area contributed by atoms with Gasteiger partial charge in [-0.3, -0.25) is 4.79 Å². The molecule has 1 amide bonds. The Morgan fingerprint density at radius 2 is 2.16 bits per heavy atom. The minimum absolute atomic E-state index is 0.158. The molecule has 0 radical (unpaired) electrons. The number of halogens is 1. The van der Waals surface area contributed by atoms with Crippen molar-refractivity contribution in [2.75, 3.05) is 7.11 Å². The molecule has 104 valence electrons. The lowest BCUT2D eigenvalue weighted by molar-refractivity contribution is 0.0715. The Kier molecular flexibility index (Phi) is 4.82. The maximum absolute atomic E-state index is 12.2. The number of aliphatic hydroxyl groups excluding tert-OH is 1. The zero-order valence-electron chi connectivity index (χ0n) is 10.9. The summed E-state index contributed by atoms with van der Waals surface area (Å²) in [6.45, 7) is 0. The molecular weight excluding hydrogens is 310 g/mol. The Morgan fingerprint density at radius 1 is 1.42 bits per heavy atom. The van der Waals surface area contributed by atoms with E-state index in [9.17, 15) is 9.90 Å². The van der Waals surface area contributed by atoms with E-state index in [4.69, 9.17) is 4.74 Å². The summed E-state index contributed by atoms with van der Waals surface area (Å²) in [5, 5.41) is 12.8. The first-order valence-corrected chi connectivity index (χ1v) is 7.23. The summed E-state index contributed by atoms with van der Waals surface area (Å²) in [5.41, 5.74) is 0.489. The molecule has 1 saturated carbocycles. The number of carbonyl (C=O) groups excluding carboxylic acids is 1. The molecule has 0 heterocycles. The quantitative estimate of drug-likeness (QED) is 0.896. The van der Waals surface area contributed by atoms with Gasteiger partial charge in [-0.05, 0) is 31.0 Å². The lowest BCUT2D eigenvalue weighted by Gasteiger charge is -2.28. The van der Waals surface area contributed by atoms with Crippen LogP contribution < -0.4 is 10.1 Å². The van der Waals surface area contributed by atoms with Crippen molar-refractivity contribution in [3.05, 3.63) is 28.2 Å². The van der Waals surface area contributed by atoms with E-state index in [1.165, 1.54) is 7.11 Å². The van der Waals surface area contributed by atoms with Crippen LogP contribution in [0.25, 0.3) is 0 Å². The smallest absolute Gasteiger partial charge is 0.255 e. The SMILES string of the molecule is COc1cc(Br)ccc1C(=O)N[C@H]1CCCC[C@@H]1O. The summed E-state index contributed by atoms with van der Waals surface area (Å²) < 4.78 is 6.07. The molecule has 2 atom stereocenters. The van der Waals surface area contributed by atoms with Gasteiger partial charge in [-0.1, -0.05) is 28.8 Å². The summed E-state index contributed by atoms with van der Waals surface area (Å²) in [4.78, 5) is 12.2. The molecule has 0 aromatic heterocycles. The number of hydrogen-bond donors (Lipinski definition) is 2. The van der Waals surface area contributed by atoms with Crippen LogP contribution in [0.5, 0.6) is 5.75 Å². The fourth-order valence-corrected chi connectivity index (χ4v) is 2.72. The van der Waals surface area contributed by atoms with Gasteiger partial charge in [0.25, 0.3) is 5.91 Å². The highest BCUT2D eigenvalue weighted by Crippen LogP contribution is 2.24. The predicted molar refractivity (Wildman–Crippen MR) is 76.4 cm³/mol. The van der Waals surface area contributed by atoms with Crippen molar-refractivity contribution in [2.24, 2.45) is 0 Å². The fourth-order valence-electron chi connectivity index (χ4n) is 2.38. The molecule has 1 aliphatic carbocycles. The number of methoxy groups -OCH3 is 1. The van der Waals surface area contributed by atoms with Gasteiger partial charge in [-0.2, -0.15) is 0 Å². The molecule has 0 saturated heterocycles. The van der Waals surface area contributed by atoms with Crippen molar-refractivity contribution in [1.82, 2.24) is 5.32 Å². The molecule has 19 heavy (non-hydrogen) atoms. The first-order chi connectivity index (χ1) is 9.11. The standard InChI is InChI=1S/C14H18BrNO3/c1-19-13-8-9(15)6-7-10(13)14(18)16-11-4-2-3-5-12(11)17/h6-8,11-12,17H,2-5H2,1H3,(H,16,18)/t11-,12-/m0/s1. The van der Waals surface area contributed by atoms with Gasteiger partial charge in [-0.15, -0.1) is 0 Å². The second kappa shape index (κ2) is 6.39. The molecular formula is C14H18BrNO3. The number of amides is 1. The molecule has 1 fully saturated rings. The van der Waals surface area contributed by atoms with Gasteiger partial charge < -0.3 is 15.2 Å². The Morgan fingerprint density at radius 3 is 2.84 bits per heavy atom. The minimum Gasteiger partial charge on any atom is -0.496 e. The third-order valence-corrected chi connectivity index (χ3v) is 3.95. The zero-order chi connectivity index (χ0) is 13.8. The number of carbonyl (C=O) groups is 1. The Hall–Kier alpha value is -1.07. The summed E-state index contributed by atoms with van der Waals surface area (Å²) in [6, 6.07) is 5.11. The molecule has 0 bridgehead atoms. The van der Waals surface area contributed by atoms with E-state index in [1.54, 1.807) is 18.2 Å². The van der Waals surface area contributed by atoms with E-state index < -0.39 is 6.10 Å². The maximum atomic E-state index is 12.2. The highest BCUT2D eigenvalue weighted by molar-refractivity contribution is 9.10. The first kappa shape index (κ1) is 14.3. The van der Waals surface area contributed by atoms with Gasteiger partial charge in [0.05, 0.1) is 24.8 Å². The van der Waals surface area contributed by atoms with Gasteiger partial charge in [0.1, 0.15) is 5.75 Å². The highest BCUT2D eigenvalue weighted by atomic mass is 79.9. The van der Waals surface area contributed by atoms with E-state index in [2.05, 4.69) is 21.2 Å². The molecule has 0 aliphatic heterocycles. The van der Waals surface area contributed by atoms with E-state index >= 15 is 0 Å². The van der Waals surface area contributed by atoms with Gasteiger partial charge in [0.15, 0.2) is 0 Å². The third-order valence-electron chi connectivity index (χ3n) is 3.45. The van der Waals surface area contributed by atoms with Crippen LogP contribution in [0.4, 0.5) is 0 Å². The summed E-state index contributed by atoms with van der Waals surface area (Å²) in [5.74, 6) is 0.326. The van der Waals surface area contributed by atoms with Crippen LogP contribution in [0.2, 0.25) is 0 Å². The van der Waals surface area contributed by atoms with E-state index in [0.29, 0.717) is 11.3 Å². The molecule has 1 aromatic carbocycles. The molecule has 1 aliphatic rings. The van der Waals surface area contributed by atoms with Crippen molar-refractivity contribution in [3.8, 4) is 5.75 Å². The second-order valence-electron chi connectivity index (χ2n) is 4.78. The second-order valence-corrected chi connectivity index (χ2v) is 5.69. The summed E-state index contributed by atoms with van der Waals surface area (Å²) in [7, 11) is 1.54. The lowest BCUT2D eigenvalue weighted by Crippen LogP contribution is -2.45. The van der Waals surface area contributed by atoms with Crippen LogP contribution in [-0.4, -0.2) is 30.3 Å². The number of benzene rings is 1. The average Bonchev–Trinajstić information content (AvgIpc) is 2.41. The molecule has 2 rings (SSSR count). The fraction of sp³-hybridized carbons (Fsp3) is 0.500. The van der Waals surface area contributed by atoms with Crippen molar-refractivity contribution in [1.29, 1.82) is 0 Å². The first-order valence-electron chi connectivity index (χ1n) is 6.44. The molecule has 4 nitrogen and oxygen atoms in total. The van der Waals surface area contributed by atoms with Crippen molar-refractivity contribution in [3.63, 3.8) is 0 Å². The Balaban J connectivity index is 2.11. The molecule has 0 spiro atoms. The molecule has 1 aromatic rings.